The van der Waals surface area contributed by atoms with Crippen LogP contribution >= 0.6 is 0 Å². The molecule has 0 aliphatic carbocycles. The van der Waals surface area contributed by atoms with Crippen LogP contribution in [-0.4, -0.2) is 79.8 Å². The first kappa shape index (κ1) is 17.3. The molecule has 3 atom stereocenters. The molecule has 3 heterocycles. The van der Waals surface area contributed by atoms with Gasteiger partial charge in [-0.15, -0.1) is 0 Å². The molecule has 3 rings (SSSR count). The molecule has 0 N–H and O–H groups in total. The van der Waals surface area contributed by atoms with Crippen molar-refractivity contribution >= 4 is 5.91 Å². The number of methoxy groups -OCH3 is 2. The van der Waals surface area contributed by atoms with Gasteiger partial charge in [0.05, 0.1) is 18.8 Å². The average Bonchev–Trinajstić information content (AvgIpc) is 3.02. The molecule has 6 heteroatoms. The van der Waals surface area contributed by atoms with Gasteiger partial charge in [-0.25, -0.2) is 0 Å². The summed E-state index contributed by atoms with van der Waals surface area (Å²) in [6, 6.07) is 3.98. The van der Waals surface area contributed by atoms with Crippen molar-refractivity contribution in [1.29, 1.82) is 0 Å². The molecule has 6 nitrogen and oxygen atoms in total. The van der Waals surface area contributed by atoms with Gasteiger partial charge >= 0.3 is 0 Å². The average molecular weight is 333 g/mol. The Bertz CT molecular complexity index is 580. The second-order valence-corrected chi connectivity index (χ2v) is 6.76. The second kappa shape index (κ2) is 7.59. The minimum Gasteiger partial charge on any atom is -0.383 e. The Hall–Kier alpha value is -1.50. The van der Waals surface area contributed by atoms with Crippen molar-refractivity contribution in [2.45, 2.75) is 25.5 Å². The summed E-state index contributed by atoms with van der Waals surface area (Å²) >= 11 is 0. The smallest absolute Gasteiger partial charge is 0.272 e. The maximum atomic E-state index is 13.0. The van der Waals surface area contributed by atoms with Crippen LogP contribution in [0.15, 0.2) is 18.3 Å². The van der Waals surface area contributed by atoms with Crippen LogP contribution in [0, 0.1) is 12.8 Å². The van der Waals surface area contributed by atoms with E-state index < -0.39 is 0 Å². The summed E-state index contributed by atoms with van der Waals surface area (Å²) in [6.45, 7) is 6.16. The fourth-order valence-electron chi connectivity index (χ4n) is 3.98. The van der Waals surface area contributed by atoms with E-state index in [1.165, 1.54) is 0 Å². The Balaban J connectivity index is 1.77. The molecule has 0 saturated carbocycles. The number of ether oxygens (including phenoxy) is 2. The van der Waals surface area contributed by atoms with Gasteiger partial charge in [-0.1, -0.05) is 0 Å². The van der Waals surface area contributed by atoms with E-state index >= 15 is 0 Å². The highest BCUT2D eigenvalue weighted by atomic mass is 16.5. The van der Waals surface area contributed by atoms with Gasteiger partial charge in [-0.2, -0.15) is 0 Å². The van der Waals surface area contributed by atoms with Crippen LogP contribution < -0.4 is 0 Å². The highest BCUT2D eigenvalue weighted by Crippen LogP contribution is 2.33. The van der Waals surface area contributed by atoms with Gasteiger partial charge < -0.3 is 14.4 Å². The van der Waals surface area contributed by atoms with Gasteiger partial charge in [0.15, 0.2) is 0 Å². The van der Waals surface area contributed by atoms with Crippen LogP contribution in [0.25, 0.3) is 0 Å². The molecule has 1 amide bonds. The maximum absolute atomic E-state index is 13.0. The fraction of sp³-hybridized carbons (Fsp3) is 0.667. The largest absolute Gasteiger partial charge is 0.383 e. The Morgan fingerprint density at radius 3 is 2.92 bits per heavy atom. The molecule has 2 fully saturated rings. The predicted molar refractivity (Wildman–Crippen MR) is 91.0 cm³/mol. The number of piperidine rings is 1. The SMILES string of the molecule is COCCN1C[C@H]2[C@H](OC)CCN(C(=O)c3cc(C)ccn3)[C@H]2C1. The zero-order valence-corrected chi connectivity index (χ0v) is 14.8. The summed E-state index contributed by atoms with van der Waals surface area (Å²) in [5, 5.41) is 0. The first-order valence-electron chi connectivity index (χ1n) is 8.61. The molecule has 24 heavy (non-hydrogen) atoms. The molecule has 2 saturated heterocycles. The predicted octanol–water partition coefficient (Wildman–Crippen LogP) is 1.20. The second-order valence-electron chi connectivity index (χ2n) is 6.76. The Kier molecular flexibility index (Phi) is 5.48. The molecule has 0 aromatic carbocycles. The third kappa shape index (κ3) is 3.45. The highest BCUT2D eigenvalue weighted by molar-refractivity contribution is 5.92. The molecular formula is C18H27N3O3. The molecule has 0 unspecified atom stereocenters. The standard InChI is InChI=1S/C18H27N3O3/c1-13-4-6-19-15(10-13)18(22)21-7-5-17(24-3)14-11-20(8-9-23-2)12-16(14)21/h4,6,10,14,16-17H,5,7-9,11-12H2,1-3H3/t14-,16+,17-/m1/s1. The lowest BCUT2D eigenvalue weighted by Crippen LogP contribution is -2.53. The molecule has 1 aromatic rings. The van der Waals surface area contributed by atoms with E-state index in [9.17, 15) is 4.79 Å². The lowest BCUT2D eigenvalue weighted by atomic mass is 9.88. The zero-order chi connectivity index (χ0) is 17.1. The summed E-state index contributed by atoms with van der Waals surface area (Å²) in [5.41, 5.74) is 1.60. The number of fused-ring (bicyclic) bond motifs is 1. The van der Waals surface area contributed by atoms with E-state index in [4.69, 9.17) is 9.47 Å². The molecule has 2 aliphatic rings. The molecule has 132 valence electrons. The number of hydrogen-bond donors (Lipinski definition) is 0. The van der Waals surface area contributed by atoms with E-state index in [1.54, 1.807) is 20.4 Å². The zero-order valence-electron chi connectivity index (χ0n) is 14.8. The summed E-state index contributed by atoms with van der Waals surface area (Å²) in [6.07, 6.45) is 2.81. The minimum atomic E-state index is 0.0387. The third-order valence-corrected chi connectivity index (χ3v) is 5.25. The Labute approximate surface area is 143 Å². The van der Waals surface area contributed by atoms with Gasteiger partial charge in [-0.05, 0) is 31.0 Å². The first-order chi connectivity index (χ1) is 11.6. The number of aromatic nitrogens is 1. The fourth-order valence-corrected chi connectivity index (χ4v) is 3.98. The van der Waals surface area contributed by atoms with Gasteiger partial charge in [-0.3, -0.25) is 14.7 Å². The van der Waals surface area contributed by atoms with Crippen molar-refractivity contribution in [3.8, 4) is 0 Å². The van der Waals surface area contributed by atoms with E-state index in [1.807, 2.05) is 24.0 Å². The lowest BCUT2D eigenvalue weighted by Gasteiger charge is -2.41. The van der Waals surface area contributed by atoms with Crippen molar-refractivity contribution in [2.75, 3.05) is 47.0 Å². The molecule has 0 spiro atoms. The molecular weight excluding hydrogens is 306 g/mol. The van der Waals surface area contributed by atoms with Gasteiger partial charge in [0.25, 0.3) is 5.91 Å². The highest BCUT2D eigenvalue weighted by Gasteiger charge is 2.46. The minimum absolute atomic E-state index is 0.0387. The number of carbonyl (C=O) groups is 1. The summed E-state index contributed by atoms with van der Waals surface area (Å²) in [4.78, 5) is 21.7. The van der Waals surface area contributed by atoms with Crippen LogP contribution in [0.4, 0.5) is 0 Å². The molecule has 0 radical (unpaired) electrons. The quantitative estimate of drug-likeness (QED) is 0.810. The molecule has 2 aliphatic heterocycles. The van der Waals surface area contributed by atoms with Crippen molar-refractivity contribution in [3.63, 3.8) is 0 Å². The van der Waals surface area contributed by atoms with Crippen LogP contribution in [0.5, 0.6) is 0 Å². The van der Waals surface area contributed by atoms with Gasteiger partial charge in [0.1, 0.15) is 5.69 Å². The maximum Gasteiger partial charge on any atom is 0.272 e. The number of amides is 1. The van der Waals surface area contributed by atoms with Crippen LogP contribution in [0.3, 0.4) is 0 Å². The van der Waals surface area contributed by atoms with Crippen molar-refractivity contribution in [2.24, 2.45) is 5.92 Å². The number of carbonyl (C=O) groups excluding carboxylic acids is 1. The summed E-state index contributed by atoms with van der Waals surface area (Å²) < 4.78 is 10.9. The summed E-state index contributed by atoms with van der Waals surface area (Å²) in [7, 11) is 3.50. The van der Waals surface area contributed by atoms with Crippen LogP contribution in [0.2, 0.25) is 0 Å². The third-order valence-electron chi connectivity index (χ3n) is 5.25. The van der Waals surface area contributed by atoms with Crippen LogP contribution in [-0.2, 0) is 9.47 Å². The number of nitrogens with zero attached hydrogens (tertiary/aromatic N) is 3. The number of rotatable bonds is 5. The van der Waals surface area contributed by atoms with Gasteiger partial charge in [0.2, 0.25) is 0 Å². The Morgan fingerprint density at radius 2 is 2.21 bits per heavy atom. The van der Waals surface area contributed by atoms with Gasteiger partial charge in [0, 0.05) is 52.5 Å². The lowest BCUT2D eigenvalue weighted by molar-refractivity contribution is -0.0159. The normalized spacial score (nSPS) is 27.3. The molecule has 1 aromatic heterocycles. The van der Waals surface area contributed by atoms with E-state index in [0.29, 0.717) is 18.2 Å². The van der Waals surface area contributed by atoms with E-state index in [-0.39, 0.29) is 18.1 Å². The van der Waals surface area contributed by atoms with Crippen LogP contribution in [0.1, 0.15) is 22.5 Å². The molecule has 0 bridgehead atoms. The number of pyridine rings is 1. The Morgan fingerprint density at radius 1 is 1.38 bits per heavy atom. The number of hydrogen-bond acceptors (Lipinski definition) is 5. The number of aryl methyl sites for hydroxylation is 1. The topological polar surface area (TPSA) is 54.9 Å². The van der Waals surface area contributed by atoms with E-state index in [0.717, 1.165) is 38.2 Å². The number of likely N-dealkylation sites (tertiary alicyclic amines) is 2. The first-order valence-corrected chi connectivity index (χ1v) is 8.61. The summed E-state index contributed by atoms with van der Waals surface area (Å²) in [5.74, 6) is 0.395. The van der Waals surface area contributed by atoms with Crippen molar-refractivity contribution in [1.82, 2.24) is 14.8 Å². The van der Waals surface area contributed by atoms with E-state index in [2.05, 4.69) is 9.88 Å². The monoisotopic (exact) mass is 333 g/mol. The van der Waals surface area contributed by atoms with Crippen molar-refractivity contribution < 1.29 is 14.3 Å². The van der Waals surface area contributed by atoms with Crippen molar-refractivity contribution in [3.05, 3.63) is 29.6 Å².